The topological polar surface area (TPSA) is 61.4 Å². The Bertz CT molecular complexity index is 669. The molecule has 0 bridgehead atoms. The van der Waals surface area contributed by atoms with Gasteiger partial charge in [0.2, 0.25) is 0 Å². The molecule has 1 unspecified atom stereocenters. The van der Waals surface area contributed by atoms with Crippen LogP contribution in [0.3, 0.4) is 0 Å². The van der Waals surface area contributed by atoms with Crippen molar-refractivity contribution in [3.05, 3.63) is 36.0 Å². The molecule has 0 saturated heterocycles. The van der Waals surface area contributed by atoms with E-state index >= 15 is 0 Å². The van der Waals surface area contributed by atoms with Gasteiger partial charge in [-0.1, -0.05) is 32.0 Å². The summed E-state index contributed by atoms with van der Waals surface area (Å²) in [6, 6.07) is 8.40. The van der Waals surface area contributed by atoms with Gasteiger partial charge in [-0.15, -0.1) is 24.0 Å². The van der Waals surface area contributed by atoms with Crippen LogP contribution in [0.2, 0.25) is 0 Å². The second kappa shape index (κ2) is 12.2. The molecule has 3 N–H and O–H groups in total. The zero-order valence-corrected chi connectivity index (χ0v) is 18.7. The summed E-state index contributed by atoms with van der Waals surface area (Å²) in [5.74, 6) is 1.37. The van der Waals surface area contributed by atoms with Crippen molar-refractivity contribution in [1.82, 2.24) is 15.6 Å². The fourth-order valence-corrected chi connectivity index (χ4v) is 3.03. The monoisotopic (exact) mass is 472 g/mol. The molecule has 0 amide bonds. The highest BCUT2D eigenvalue weighted by Crippen LogP contribution is 2.17. The number of para-hydroxylation sites is 1. The molecule has 146 valence electrons. The molecule has 1 atom stereocenters. The van der Waals surface area contributed by atoms with Gasteiger partial charge in [0.25, 0.3) is 0 Å². The Hall–Kier alpha value is -1.28. The summed E-state index contributed by atoms with van der Waals surface area (Å²) >= 11 is 0. The highest BCUT2D eigenvalue weighted by Gasteiger charge is 2.13. The summed E-state index contributed by atoms with van der Waals surface area (Å²) in [7, 11) is 1.81. The number of nitrogens with one attached hydrogen (secondary N) is 3. The Morgan fingerprint density at radius 2 is 1.92 bits per heavy atom. The molecule has 0 radical (unpaired) electrons. The SMILES string of the molecule is CCOC(CCNC(=NC)NCCc1c[nH]c2ccccc12)C(C)C.I. The first-order valence-corrected chi connectivity index (χ1v) is 9.26. The van der Waals surface area contributed by atoms with Crippen LogP contribution < -0.4 is 10.6 Å². The van der Waals surface area contributed by atoms with Crippen molar-refractivity contribution in [3.63, 3.8) is 0 Å². The van der Waals surface area contributed by atoms with Gasteiger partial charge in [-0.3, -0.25) is 4.99 Å². The summed E-state index contributed by atoms with van der Waals surface area (Å²) in [5.41, 5.74) is 2.52. The van der Waals surface area contributed by atoms with Crippen molar-refractivity contribution in [1.29, 1.82) is 0 Å². The molecule has 0 aliphatic rings. The van der Waals surface area contributed by atoms with Gasteiger partial charge in [-0.25, -0.2) is 0 Å². The average Bonchev–Trinajstić information content (AvgIpc) is 3.02. The number of halogens is 1. The fraction of sp³-hybridized carbons (Fsp3) is 0.550. The normalized spacial score (nSPS) is 12.9. The van der Waals surface area contributed by atoms with Crippen LogP contribution in [0.15, 0.2) is 35.5 Å². The van der Waals surface area contributed by atoms with Gasteiger partial charge in [-0.05, 0) is 37.3 Å². The minimum Gasteiger partial charge on any atom is -0.378 e. The molecule has 6 heteroatoms. The maximum absolute atomic E-state index is 5.79. The van der Waals surface area contributed by atoms with E-state index in [0.717, 1.165) is 38.5 Å². The lowest BCUT2D eigenvalue weighted by molar-refractivity contribution is 0.0258. The van der Waals surface area contributed by atoms with Crippen LogP contribution in [-0.4, -0.2) is 43.8 Å². The third kappa shape index (κ3) is 6.79. The van der Waals surface area contributed by atoms with E-state index in [1.807, 2.05) is 14.0 Å². The van der Waals surface area contributed by atoms with Gasteiger partial charge in [0.05, 0.1) is 6.10 Å². The van der Waals surface area contributed by atoms with Crippen molar-refractivity contribution in [2.24, 2.45) is 10.9 Å². The van der Waals surface area contributed by atoms with Gasteiger partial charge in [0, 0.05) is 43.8 Å². The molecule has 0 aliphatic carbocycles. The molecule has 0 spiro atoms. The maximum Gasteiger partial charge on any atom is 0.190 e. The second-order valence-corrected chi connectivity index (χ2v) is 6.56. The van der Waals surface area contributed by atoms with Crippen LogP contribution in [0, 0.1) is 5.92 Å². The van der Waals surface area contributed by atoms with Crippen molar-refractivity contribution in [3.8, 4) is 0 Å². The van der Waals surface area contributed by atoms with Gasteiger partial charge in [0.15, 0.2) is 5.96 Å². The first-order valence-electron chi connectivity index (χ1n) is 9.26. The minimum atomic E-state index is 0. The van der Waals surface area contributed by atoms with Crippen LogP contribution in [0.25, 0.3) is 10.9 Å². The number of aliphatic imine (C=N–C) groups is 1. The van der Waals surface area contributed by atoms with Crippen molar-refractivity contribution in [2.75, 3.05) is 26.7 Å². The molecule has 1 aromatic heterocycles. The van der Waals surface area contributed by atoms with Gasteiger partial charge in [-0.2, -0.15) is 0 Å². The van der Waals surface area contributed by atoms with Crippen LogP contribution in [0.1, 0.15) is 32.8 Å². The number of rotatable bonds is 9. The van der Waals surface area contributed by atoms with Crippen molar-refractivity contribution < 1.29 is 4.74 Å². The third-order valence-electron chi connectivity index (χ3n) is 4.43. The molecule has 1 heterocycles. The predicted octanol–water partition coefficient (Wildman–Crippen LogP) is 3.94. The number of guanidine groups is 1. The fourth-order valence-electron chi connectivity index (χ4n) is 3.03. The van der Waals surface area contributed by atoms with E-state index in [4.69, 9.17) is 4.74 Å². The molecule has 0 aliphatic heterocycles. The Kier molecular flexibility index (Phi) is 10.7. The lowest BCUT2D eigenvalue weighted by atomic mass is 10.0. The zero-order chi connectivity index (χ0) is 18.1. The number of nitrogens with zero attached hydrogens (tertiary/aromatic N) is 1. The molecular formula is C20H33IN4O. The van der Waals surface area contributed by atoms with Crippen LogP contribution in [0.5, 0.6) is 0 Å². The molecule has 5 nitrogen and oxygen atoms in total. The quantitative estimate of drug-likeness (QED) is 0.294. The van der Waals surface area contributed by atoms with Gasteiger partial charge in [0.1, 0.15) is 0 Å². The summed E-state index contributed by atoms with van der Waals surface area (Å²) in [6.45, 7) is 8.92. The summed E-state index contributed by atoms with van der Waals surface area (Å²) < 4.78 is 5.79. The number of fused-ring (bicyclic) bond motifs is 1. The number of hydrogen-bond acceptors (Lipinski definition) is 2. The number of benzene rings is 1. The number of ether oxygens (including phenoxy) is 1. The van der Waals surface area contributed by atoms with Crippen molar-refractivity contribution >= 4 is 40.8 Å². The molecule has 0 fully saturated rings. The van der Waals surface area contributed by atoms with Crippen LogP contribution in [0.4, 0.5) is 0 Å². The largest absolute Gasteiger partial charge is 0.378 e. The van der Waals surface area contributed by atoms with E-state index in [0.29, 0.717) is 12.0 Å². The van der Waals surface area contributed by atoms with E-state index < -0.39 is 0 Å². The number of aromatic amines is 1. The zero-order valence-electron chi connectivity index (χ0n) is 16.3. The summed E-state index contributed by atoms with van der Waals surface area (Å²) in [5, 5.41) is 8.07. The second-order valence-electron chi connectivity index (χ2n) is 6.56. The Labute approximate surface area is 174 Å². The number of H-pyrrole nitrogens is 1. The molecule has 1 aromatic carbocycles. The molecule has 2 aromatic rings. The van der Waals surface area contributed by atoms with E-state index in [2.05, 4.69) is 64.9 Å². The van der Waals surface area contributed by atoms with E-state index in [1.54, 1.807) is 0 Å². The Balaban J connectivity index is 0.00000338. The maximum atomic E-state index is 5.79. The van der Waals surface area contributed by atoms with Crippen molar-refractivity contribution in [2.45, 2.75) is 39.7 Å². The summed E-state index contributed by atoms with van der Waals surface area (Å²) in [4.78, 5) is 7.62. The highest BCUT2D eigenvalue weighted by atomic mass is 127. The lowest BCUT2D eigenvalue weighted by Crippen LogP contribution is -2.40. The number of hydrogen-bond donors (Lipinski definition) is 3. The van der Waals surface area contributed by atoms with E-state index in [9.17, 15) is 0 Å². The van der Waals surface area contributed by atoms with Crippen LogP contribution >= 0.6 is 24.0 Å². The standard InChI is InChI=1S/C20H32N4O.HI/c1-5-25-19(15(2)3)11-13-23-20(21-4)22-12-10-16-14-24-18-9-7-6-8-17(16)18;/h6-9,14-15,19,24H,5,10-13H2,1-4H3,(H2,21,22,23);1H. The van der Waals surface area contributed by atoms with E-state index in [1.165, 1.54) is 16.5 Å². The molecule has 2 rings (SSSR count). The van der Waals surface area contributed by atoms with E-state index in [-0.39, 0.29) is 24.0 Å². The Morgan fingerprint density at radius 3 is 2.62 bits per heavy atom. The first-order chi connectivity index (χ1) is 12.2. The van der Waals surface area contributed by atoms with Gasteiger partial charge < -0.3 is 20.4 Å². The third-order valence-corrected chi connectivity index (χ3v) is 4.43. The number of aromatic nitrogens is 1. The molecule has 0 saturated carbocycles. The Morgan fingerprint density at radius 1 is 1.19 bits per heavy atom. The summed E-state index contributed by atoms with van der Waals surface area (Å²) in [6.07, 6.45) is 4.33. The minimum absolute atomic E-state index is 0. The van der Waals surface area contributed by atoms with Crippen LogP contribution in [-0.2, 0) is 11.2 Å². The lowest BCUT2D eigenvalue weighted by Gasteiger charge is -2.21. The van der Waals surface area contributed by atoms with Gasteiger partial charge >= 0.3 is 0 Å². The first kappa shape index (κ1) is 22.8. The average molecular weight is 472 g/mol. The molecule has 26 heavy (non-hydrogen) atoms. The highest BCUT2D eigenvalue weighted by molar-refractivity contribution is 14.0. The predicted molar refractivity (Wildman–Crippen MR) is 122 cm³/mol. The molecular weight excluding hydrogens is 439 g/mol. The smallest absolute Gasteiger partial charge is 0.190 e.